The molecule has 23 heavy (non-hydrogen) atoms. The number of nitrogens with zero attached hydrogens (tertiary/aromatic N) is 2. The van der Waals surface area contributed by atoms with Crippen molar-refractivity contribution in [2.75, 3.05) is 39.3 Å². The lowest BCUT2D eigenvalue weighted by molar-refractivity contribution is 0.245. The van der Waals surface area contributed by atoms with Crippen LogP contribution in [0.15, 0.2) is 0 Å². The molecule has 2 bridgehead atoms. The maximum atomic E-state index is 2.79. The minimum Gasteiger partial charge on any atom is -0.303 e. The molecule has 0 spiro atoms. The zero-order valence-electron chi connectivity index (χ0n) is 15.7. The summed E-state index contributed by atoms with van der Waals surface area (Å²) in [5.74, 6) is 0. The molecule has 2 nitrogen and oxygen atoms in total. The number of rotatable bonds is 0. The third-order valence-electron chi connectivity index (χ3n) is 5.85. The van der Waals surface area contributed by atoms with Gasteiger partial charge in [-0.05, 0) is 77.8 Å². The van der Waals surface area contributed by atoms with E-state index < -0.39 is 0 Å². The summed E-state index contributed by atoms with van der Waals surface area (Å²) in [4.78, 5) is 5.58. The van der Waals surface area contributed by atoms with Crippen molar-refractivity contribution in [1.82, 2.24) is 9.80 Å². The summed E-state index contributed by atoms with van der Waals surface area (Å²) in [7, 11) is 0. The highest BCUT2D eigenvalue weighted by Gasteiger charge is 2.09. The fraction of sp³-hybridized carbons (Fsp3) is 1.00. The van der Waals surface area contributed by atoms with Gasteiger partial charge in [0.15, 0.2) is 0 Å². The molecule has 0 N–H and O–H groups in total. The predicted molar refractivity (Wildman–Crippen MR) is 102 cm³/mol. The second-order valence-electron chi connectivity index (χ2n) is 7.99. The summed E-state index contributed by atoms with van der Waals surface area (Å²) in [5.41, 5.74) is 0. The topological polar surface area (TPSA) is 6.48 Å². The fourth-order valence-electron chi connectivity index (χ4n) is 4.27. The van der Waals surface area contributed by atoms with E-state index in [9.17, 15) is 0 Å². The monoisotopic (exact) mass is 322 g/mol. The Balaban J connectivity index is 1.87. The fourth-order valence-corrected chi connectivity index (χ4v) is 4.27. The third kappa shape index (κ3) is 9.72. The van der Waals surface area contributed by atoms with Gasteiger partial charge in [0, 0.05) is 0 Å². The van der Waals surface area contributed by atoms with E-state index in [1.807, 2.05) is 0 Å². The Bertz CT molecular complexity index is 221. The third-order valence-corrected chi connectivity index (χ3v) is 5.85. The first-order valence-electron chi connectivity index (χ1n) is 10.9. The van der Waals surface area contributed by atoms with Crippen LogP contribution in [0.4, 0.5) is 0 Å². The largest absolute Gasteiger partial charge is 0.303 e. The van der Waals surface area contributed by atoms with Crippen molar-refractivity contribution in [3.05, 3.63) is 0 Å². The van der Waals surface area contributed by atoms with Gasteiger partial charge in [0.1, 0.15) is 0 Å². The van der Waals surface area contributed by atoms with Gasteiger partial charge < -0.3 is 9.80 Å². The highest BCUT2D eigenvalue weighted by Crippen LogP contribution is 2.13. The van der Waals surface area contributed by atoms with E-state index in [-0.39, 0.29) is 0 Å². The van der Waals surface area contributed by atoms with Crippen molar-refractivity contribution in [3.8, 4) is 0 Å². The summed E-state index contributed by atoms with van der Waals surface area (Å²) in [6, 6.07) is 0. The number of fused-ring (bicyclic) bond motifs is 6. The molecule has 0 unspecified atom stereocenters. The minimum absolute atomic E-state index is 1.36. The molecule has 0 aromatic rings. The number of hydrogen-bond acceptors (Lipinski definition) is 2. The van der Waals surface area contributed by atoms with Crippen LogP contribution in [0, 0.1) is 0 Å². The molecule has 0 aromatic heterocycles. The van der Waals surface area contributed by atoms with E-state index in [0.717, 1.165) is 0 Å². The zero-order chi connectivity index (χ0) is 16.0. The Hall–Kier alpha value is -0.0800. The molecule has 2 heterocycles. The first kappa shape index (κ1) is 19.2. The maximum Gasteiger partial charge on any atom is -0.00187 e. The Labute approximate surface area is 146 Å². The van der Waals surface area contributed by atoms with Crippen molar-refractivity contribution in [2.45, 2.75) is 96.3 Å². The van der Waals surface area contributed by atoms with Gasteiger partial charge in [0.2, 0.25) is 0 Å². The van der Waals surface area contributed by atoms with Gasteiger partial charge in [0.05, 0.1) is 0 Å². The van der Waals surface area contributed by atoms with Crippen LogP contribution in [0.3, 0.4) is 0 Å². The molecule has 2 aliphatic heterocycles. The van der Waals surface area contributed by atoms with Crippen LogP contribution in [-0.4, -0.2) is 49.1 Å². The Morgan fingerprint density at radius 1 is 0.217 bits per heavy atom. The first-order valence-corrected chi connectivity index (χ1v) is 10.9. The second-order valence-corrected chi connectivity index (χ2v) is 7.99. The molecule has 0 saturated carbocycles. The van der Waals surface area contributed by atoms with Gasteiger partial charge in [0.25, 0.3) is 0 Å². The number of hydrogen-bond donors (Lipinski definition) is 0. The zero-order valence-corrected chi connectivity index (χ0v) is 15.7. The summed E-state index contributed by atoms with van der Waals surface area (Å²) < 4.78 is 0. The molecule has 0 aromatic carbocycles. The molecule has 2 aliphatic rings. The van der Waals surface area contributed by atoms with Crippen LogP contribution in [0.2, 0.25) is 0 Å². The molecule has 2 fully saturated rings. The minimum atomic E-state index is 1.36. The average Bonchev–Trinajstić information content (AvgIpc) is 2.57. The van der Waals surface area contributed by atoms with Crippen LogP contribution in [-0.2, 0) is 0 Å². The SMILES string of the molecule is C1CCCCN2CCCCCCCCN(CCC1)CCCCC2. The standard InChI is InChI=1S/C21H42N2/c1-2-6-11-17-23-19-13-8-4-3-7-12-18-22(16-10-5-1)20-14-9-15-21-23/h1-21H2. The highest BCUT2D eigenvalue weighted by atomic mass is 15.1. The van der Waals surface area contributed by atoms with Crippen LogP contribution in [0.5, 0.6) is 0 Å². The molecular formula is C21H42N2. The van der Waals surface area contributed by atoms with Gasteiger partial charge in [-0.25, -0.2) is 0 Å². The quantitative estimate of drug-likeness (QED) is 0.583. The normalized spacial score (nSPS) is 31.3. The summed E-state index contributed by atoms with van der Waals surface area (Å²) in [6.45, 7) is 8.19. The van der Waals surface area contributed by atoms with Gasteiger partial charge in [-0.15, -0.1) is 0 Å². The van der Waals surface area contributed by atoms with Crippen molar-refractivity contribution in [1.29, 1.82) is 0 Å². The molecule has 0 aliphatic carbocycles. The lowest BCUT2D eigenvalue weighted by Gasteiger charge is -2.23. The molecule has 2 saturated heterocycles. The van der Waals surface area contributed by atoms with E-state index >= 15 is 0 Å². The summed E-state index contributed by atoms with van der Waals surface area (Å²) >= 11 is 0. The second kappa shape index (κ2) is 13.2. The lowest BCUT2D eigenvalue weighted by atomic mass is 10.1. The molecule has 2 heteroatoms. The maximum absolute atomic E-state index is 2.79. The van der Waals surface area contributed by atoms with Gasteiger partial charge in [-0.2, -0.15) is 0 Å². The van der Waals surface area contributed by atoms with Gasteiger partial charge in [-0.1, -0.05) is 57.8 Å². The Morgan fingerprint density at radius 2 is 0.391 bits per heavy atom. The molecule has 2 rings (SSSR count). The highest BCUT2D eigenvalue weighted by molar-refractivity contribution is 4.64. The molecule has 136 valence electrons. The van der Waals surface area contributed by atoms with Crippen LogP contribution < -0.4 is 0 Å². The van der Waals surface area contributed by atoms with Crippen molar-refractivity contribution in [3.63, 3.8) is 0 Å². The van der Waals surface area contributed by atoms with E-state index in [1.165, 1.54) is 136 Å². The van der Waals surface area contributed by atoms with E-state index in [1.54, 1.807) is 0 Å². The predicted octanol–water partition coefficient (Wildman–Crippen LogP) is 5.47. The first-order chi connectivity index (χ1) is 11.4. The Kier molecular flexibility index (Phi) is 11.1. The van der Waals surface area contributed by atoms with Crippen LogP contribution in [0.25, 0.3) is 0 Å². The van der Waals surface area contributed by atoms with E-state index in [0.29, 0.717) is 0 Å². The molecular weight excluding hydrogens is 280 g/mol. The summed E-state index contributed by atoms with van der Waals surface area (Å²) in [6.07, 6.45) is 21.7. The van der Waals surface area contributed by atoms with Crippen LogP contribution in [0.1, 0.15) is 96.3 Å². The average molecular weight is 323 g/mol. The molecule has 0 amide bonds. The molecule has 0 radical (unpaired) electrons. The Morgan fingerprint density at radius 3 is 0.652 bits per heavy atom. The van der Waals surface area contributed by atoms with E-state index in [4.69, 9.17) is 0 Å². The smallest absolute Gasteiger partial charge is 0.00187 e. The van der Waals surface area contributed by atoms with Crippen molar-refractivity contribution >= 4 is 0 Å². The van der Waals surface area contributed by atoms with Crippen molar-refractivity contribution in [2.24, 2.45) is 0 Å². The van der Waals surface area contributed by atoms with Crippen molar-refractivity contribution < 1.29 is 0 Å². The summed E-state index contributed by atoms with van der Waals surface area (Å²) in [5, 5.41) is 0. The molecule has 0 atom stereocenters. The van der Waals surface area contributed by atoms with Gasteiger partial charge in [-0.3, -0.25) is 0 Å². The van der Waals surface area contributed by atoms with E-state index in [2.05, 4.69) is 9.80 Å². The van der Waals surface area contributed by atoms with Gasteiger partial charge >= 0.3 is 0 Å². The van der Waals surface area contributed by atoms with Crippen LogP contribution >= 0.6 is 0 Å². The lowest BCUT2D eigenvalue weighted by Crippen LogP contribution is -2.28.